The summed E-state index contributed by atoms with van der Waals surface area (Å²) in [5.74, 6) is -2.02. The summed E-state index contributed by atoms with van der Waals surface area (Å²) in [4.78, 5) is 39.3. The van der Waals surface area contributed by atoms with Gasteiger partial charge in [-0.25, -0.2) is 8.42 Å². The molecule has 1 aromatic rings. The van der Waals surface area contributed by atoms with Crippen molar-refractivity contribution >= 4 is 33.4 Å². The number of carbonyl (C=O) groups is 3. The number of imide groups is 1. The normalized spacial score (nSPS) is 25.4. The molecule has 9 nitrogen and oxygen atoms in total. The smallest absolute Gasteiger partial charge is 0.247 e. The van der Waals surface area contributed by atoms with E-state index in [0.29, 0.717) is 26.1 Å². The number of anilines is 1. The van der Waals surface area contributed by atoms with Gasteiger partial charge >= 0.3 is 0 Å². The minimum absolute atomic E-state index is 0.0604. The molecule has 3 amide bonds. The van der Waals surface area contributed by atoms with E-state index in [0.717, 1.165) is 4.90 Å². The standard InChI is InChI=1S/C21H25N3O6S/c1-14(24-20(26)17-7-2-3-8-18(17)21(24)27)19(25)22-15-5-4-6-16(13-15)31(28,29)23-9-11-30-12-10-23/h2-6,13-14,17-18H,7-12H2,1H3,(H,22,25)/t14-,17-,18-/m0/s1. The number of ether oxygens (including phenoxy) is 1. The number of rotatable bonds is 5. The Morgan fingerprint density at radius 2 is 1.71 bits per heavy atom. The number of carbonyl (C=O) groups excluding carboxylic acids is 3. The molecule has 2 aliphatic heterocycles. The van der Waals surface area contributed by atoms with Crippen molar-refractivity contribution in [3.63, 3.8) is 0 Å². The maximum absolute atomic E-state index is 12.9. The molecule has 31 heavy (non-hydrogen) atoms. The highest BCUT2D eigenvalue weighted by molar-refractivity contribution is 7.89. The van der Waals surface area contributed by atoms with Crippen LogP contribution in [0.5, 0.6) is 0 Å². The van der Waals surface area contributed by atoms with Crippen molar-refractivity contribution in [3.8, 4) is 0 Å². The lowest BCUT2D eigenvalue weighted by Gasteiger charge is -2.26. The molecule has 1 aliphatic carbocycles. The molecule has 1 N–H and O–H groups in total. The van der Waals surface area contributed by atoms with Gasteiger partial charge in [0.05, 0.1) is 29.9 Å². The van der Waals surface area contributed by atoms with E-state index in [-0.39, 0.29) is 35.5 Å². The van der Waals surface area contributed by atoms with E-state index in [4.69, 9.17) is 4.74 Å². The topological polar surface area (TPSA) is 113 Å². The minimum Gasteiger partial charge on any atom is -0.379 e. The van der Waals surface area contributed by atoms with Crippen LogP contribution in [0.2, 0.25) is 0 Å². The zero-order valence-electron chi connectivity index (χ0n) is 17.2. The van der Waals surface area contributed by atoms with Gasteiger partial charge in [-0.05, 0) is 38.0 Å². The van der Waals surface area contributed by atoms with Crippen LogP contribution in [0.25, 0.3) is 0 Å². The highest BCUT2D eigenvalue weighted by Gasteiger charge is 2.50. The van der Waals surface area contributed by atoms with Gasteiger partial charge < -0.3 is 10.1 Å². The Kier molecular flexibility index (Phi) is 5.96. The number of amides is 3. The fourth-order valence-corrected chi connectivity index (χ4v) is 5.70. The number of benzene rings is 1. The van der Waals surface area contributed by atoms with E-state index in [1.165, 1.54) is 23.4 Å². The number of nitrogens with zero attached hydrogens (tertiary/aromatic N) is 2. The van der Waals surface area contributed by atoms with Crippen LogP contribution in [0.4, 0.5) is 5.69 Å². The molecule has 0 unspecified atom stereocenters. The summed E-state index contributed by atoms with van der Waals surface area (Å²) < 4.78 is 32.3. The first-order valence-corrected chi connectivity index (χ1v) is 11.8. The van der Waals surface area contributed by atoms with Gasteiger partial charge in [-0.3, -0.25) is 19.3 Å². The van der Waals surface area contributed by atoms with Crippen molar-refractivity contribution in [3.05, 3.63) is 36.4 Å². The number of sulfonamides is 1. The van der Waals surface area contributed by atoms with Gasteiger partial charge in [-0.15, -0.1) is 0 Å². The average Bonchev–Trinajstić information content (AvgIpc) is 3.04. The van der Waals surface area contributed by atoms with Gasteiger partial charge in [0.1, 0.15) is 6.04 Å². The number of fused-ring (bicyclic) bond motifs is 1. The fraction of sp³-hybridized carbons (Fsp3) is 0.476. The number of morpholine rings is 1. The molecule has 3 atom stereocenters. The molecule has 0 spiro atoms. The van der Waals surface area contributed by atoms with Crippen LogP contribution < -0.4 is 5.32 Å². The Balaban J connectivity index is 1.48. The molecule has 2 heterocycles. The number of hydrogen-bond donors (Lipinski definition) is 1. The molecule has 0 bridgehead atoms. The maximum atomic E-state index is 12.9. The van der Waals surface area contributed by atoms with Crippen molar-refractivity contribution in [1.29, 1.82) is 0 Å². The van der Waals surface area contributed by atoms with Gasteiger partial charge in [0.25, 0.3) is 0 Å². The van der Waals surface area contributed by atoms with Gasteiger partial charge in [0.2, 0.25) is 27.7 Å². The zero-order chi connectivity index (χ0) is 22.2. The summed E-state index contributed by atoms with van der Waals surface area (Å²) in [7, 11) is -3.71. The van der Waals surface area contributed by atoms with E-state index in [9.17, 15) is 22.8 Å². The third kappa shape index (κ3) is 4.02. The van der Waals surface area contributed by atoms with Crippen LogP contribution in [-0.4, -0.2) is 67.7 Å². The molecule has 2 fully saturated rings. The number of allylic oxidation sites excluding steroid dienone is 2. The van der Waals surface area contributed by atoms with Crippen molar-refractivity contribution in [2.24, 2.45) is 11.8 Å². The summed E-state index contributed by atoms with van der Waals surface area (Å²) >= 11 is 0. The fourth-order valence-electron chi connectivity index (χ4n) is 4.24. The second-order valence-corrected chi connectivity index (χ2v) is 9.85. The molecule has 1 aromatic carbocycles. The largest absolute Gasteiger partial charge is 0.379 e. The van der Waals surface area contributed by atoms with Crippen molar-refractivity contribution in [2.45, 2.75) is 30.7 Å². The molecule has 166 valence electrons. The first-order chi connectivity index (χ1) is 14.8. The average molecular weight is 448 g/mol. The zero-order valence-corrected chi connectivity index (χ0v) is 18.0. The Bertz CT molecular complexity index is 1010. The van der Waals surface area contributed by atoms with Crippen LogP contribution in [0.3, 0.4) is 0 Å². The van der Waals surface area contributed by atoms with E-state index >= 15 is 0 Å². The molecular formula is C21H25N3O6S. The van der Waals surface area contributed by atoms with Crippen molar-refractivity contribution in [1.82, 2.24) is 9.21 Å². The van der Waals surface area contributed by atoms with Gasteiger partial charge in [0.15, 0.2) is 0 Å². The summed E-state index contributed by atoms with van der Waals surface area (Å²) in [6, 6.07) is 4.97. The maximum Gasteiger partial charge on any atom is 0.247 e. The highest BCUT2D eigenvalue weighted by atomic mass is 32.2. The molecule has 4 rings (SSSR count). The Morgan fingerprint density at radius 1 is 1.10 bits per heavy atom. The molecular weight excluding hydrogens is 422 g/mol. The Morgan fingerprint density at radius 3 is 2.32 bits per heavy atom. The predicted molar refractivity (Wildman–Crippen MR) is 111 cm³/mol. The van der Waals surface area contributed by atoms with Crippen LogP contribution >= 0.6 is 0 Å². The molecule has 0 saturated carbocycles. The van der Waals surface area contributed by atoms with Crippen molar-refractivity contribution in [2.75, 3.05) is 31.6 Å². The van der Waals surface area contributed by atoms with E-state index in [2.05, 4.69) is 5.32 Å². The minimum atomic E-state index is -3.71. The Hall–Kier alpha value is -2.56. The first kappa shape index (κ1) is 21.7. The lowest BCUT2D eigenvalue weighted by molar-refractivity contribution is -0.146. The van der Waals surface area contributed by atoms with Gasteiger partial charge in [-0.1, -0.05) is 18.2 Å². The summed E-state index contributed by atoms with van der Waals surface area (Å²) in [5, 5.41) is 2.65. The molecule has 0 aromatic heterocycles. The van der Waals surface area contributed by atoms with Gasteiger partial charge in [-0.2, -0.15) is 4.31 Å². The summed E-state index contributed by atoms with van der Waals surface area (Å²) in [6.07, 6.45) is 4.78. The predicted octanol–water partition coefficient (Wildman–Crippen LogP) is 0.986. The lowest BCUT2D eigenvalue weighted by atomic mass is 9.85. The molecule has 0 radical (unpaired) electrons. The lowest BCUT2D eigenvalue weighted by Crippen LogP contribution is -2.46. The van der Waals surface area contributed by atoms with E-state index < -0.39 is 33.8 Å². The summed E-state index contributed by atoms with van der Waals surface area (Å²) in [6.45, 7) is 2.72. The molecule has 10 heteroatoms. The second-order valence-electron chi connectivity index (χ2n) is 7.91. The second kappa shape index (κ2) is 8.52. The van der Waals surface area contributed by atoms with Gasteiger partial charge in [0, 0.05) is 18.8 Å². The van der Waals surface area contributed by atoms with Crippen LogP contribution in [0.1, 0.15) is 19.8 Å². The Labute approximate surface area is 181 Å². The first-order valence-electron chi connectivity index (χ1n) is 10.3. The van der Waals surface area contributed by atoms with Crippen molar-refractivity contribution < 1.29 is 27.5 Å². The van der Waals surface area contributed by atoms with Crippen LogP contribution in [-0.2, 0) is 29.1 Å². The van der Waals surface area contributed by atoms with Crippen LogP contribution in [0, 0.1) is 11.8 Å². The molecule has 3 aliphatic rings. The molecule has 2 saturated heterocycles. The highest BCUT2D eigenvalue weighted by Crippen LogP contribution is 2.36. The quantitative estimate of drug-likeness (QED) is 0.532. The third-order valence-corrected chi connectivity index (χ3v) is 7.91. The van der Waals surface area contributed by atoms with E-state index in [1.54, 1.807) is 12.1 Å². The third-order valence-electron chi connectivity index (χ3n) is 6.02. The monoisotopic (exact) mass is 447 g/mol. The number of nitrogens with one attached hydrogen (secondary N) is 1. The summed E-state index contributed by atoms with van der Waals surface area (Å²) in [5.41, 5.74) is 0.282. The van der Waals surface area contributed by atoms with Crippen LogP contribution in [0.15, 0.2) is 41.3 Å². The number of likely N-dealkylation sites (tertiary alicyclic amines) is 1. The SMILES string of the molecule is C[C@@H](C(=O)Nc1cccc(S(=O)(=O)N2CCOCC2)c1)N1C(=O)[C@H]2CC=CC[C@@H]2C1=O. The van der Waals surface area contributed by atoms with E-state index in [1.807, 2.05) is 12.2 Å². The number of hydrogen-bond acceptors (Lipinski definition) is 6.